The topological polar surface area (TPSA) is 44.7 Å². The van der Waals surface area contributed by atoms with Gasteiger partial charge in [0.25, 0.3) is 0 Å². The first kappa shape index (κ1) is 16.2. The van der Waals surface area contributed by atoms with Gasteiger partial charge in [0, 0.05) is 24.7 Å². The van der Waals surface area contributed by atoms with Gasteiger partial charge in [-0.2, -0.15) is 5.10 Å². The van der Waals surface area contributed by atoms with E-state index >= 15 is 0 Å². The molecule has 24 heavy (non-hydrogen) atoms. The number of nitrogens with one attached hydrogen (secondary N) is 1. The van der Waals surface area contributed by atoms with E-state index in [0.29, 0.717) is 0 Å². The van der Waals surface area contributed by atoms with E-state index in [9.17, 15) is 4.79 Å². The first-order valence-electron chi connectivity index (χ1n) is 8.48. The molecular formula is C20H23N3O. The fourth-order valence-corrected chi connectivity index (χ4v) is 2.57. The average molecular weight is 321 g/mol. The summed E-state index contributed by atoms with van der Waals surface area (Å²) in [5.41, 5.74) is 6.05. The van der Waals surface area contributed by atoms with Crippen molar-refractivity contribution in [3.8, 4) is 0 Å². The summed E-state index contributed by atoms with van der Waals surface area (Å²) in [7, 11) is 0. The molecule has 0 bridgehead atoms. The lowest BCUT2D eigenvalue weighted by atomic mass is 10.1. The molecule has 4 nitrogen and oxygen atoms in total. The van der Waals surface area contributed by atoms with E-state index in [1.165, 1.54) is 11.3 Å². The van der Waals surface area contributed by atoms with Gasteiger partial charge in [0.05, 0.1) is 6.21 Å². The van der Waals surface area contributed by atoms with Crippen LogP contribution in [0.15, 0.2) is 59.7 Å². The van der Waals surface area contributed by atoms with Gasteiger partial charge in [-0.3, -0.25) is 4.79 Å². The normalized spacial score (nSPS) is 13.9. The number of hydrogen-bond donors (Lipinski definition) is 1. The largest absolute Gasteiger partial charge is 0.367 e. The highest BCUT2D eigenvalue weighted by atomic mass is 16.2. The molecule has 0 spiro atoms. The van der Waals surface area contributed by atoms with E-state index < -0.39 is 0 Å². The minimum absolute atomic E-state index is 0.0305. The number of carbonyl (C=O) groups is 1. The van der Waals surface area contributed by atoms with Gasteiger partial charge in [-0.05, 0) is 43.0 Å². The van der Waals surface area contributed by atoms with Crippen LogP contribution >= 0.6 is 0 Å². The summed E-state index contributed by atoms with van der Waals surface area (Å²) in [5.74, 6) is 0.212. The van der Waals surface area contributed by atoms with Crippen molar-refractivity contribution in [3.63, 3.8) is 0 Å². The standard InChI is InChI=1S/C20H23N3O/c1-2-23(15-17-6-4-3-5-7-17)19-12-8-16(9-13-19)14-21-22-20(24)18-10-11-18/h3-9,12-14,18H,2,10-11,15H2,1H3,(H,22,24)/b21-14-. The Morgan fingerprint density at radius 3 is 2.50 bits per heavy atom. The predicted molar refractivity (Wildman–Crippen MR) is 98.1 cm³/mol. The fraction of sp³-hybridized carbons (Fsp3) is 0.300. The molecule has 0 aromatic heterocycles. The van der Waals surface area contributed by atoms with Gasteiger partial charge in [0.1, 0.15) is 0 Å². The van der Waals surface area contributed by atoms with Crippen LogP contribution in [0, 0.1) is 5.92 Å². The summed E-state index contributed by atoms with van der Waals surface area (Å²) in [6.07, 6.45) is 3.67. The van der Waals surface area contributed by atoms with Gasteiger partial charge in [-0.1, -0.05) is 42.5 Å². The molecule has 3 rings (SSSR count). The lowest BCUT2D eigenvalue weighted by Crippen LogP contribution is -2.21. The summed E-state index contributed by atoms with van der Waals surface area (Å²) in [4.78, 5) is 13.8. The maximum atomic E-state index is 11.5. The summed E-state index contributed by atoms with van der Waals surface area (Å²) < 4.78 is 0. The molecule has 0 unspecified atom stereocenters. The average Bonchev–Trinajstić information content (AvgIpc) is 3.46. The molecule has 1 aliphatic rings. The third kappa shape index (κ3) is 4.44. The van der Waals surface area contributed by atoms with Gasteiger partial charge in [-0.15, -0.1) is 0 Å². The quantitative estimate of drug-likeness (QED) is 0.626. The zero-order valence-electron chi connectivity index (χ0n) is 14.0. The zero-order chi connectivity index (χ0) is 16.8. The van der Waals surface area contributed by atoms with Crippen LogP contribution in [0.3, 0.4) is 0 Å². The maximum Gasteiger partial charge on any atom is 0.243 e. The molecule has 1 saturated carbocycles. The molecule has 1 aliphatic carbocycles. The molecule has 0 atom stereocenters. The van der Waals surface area contributed by atoms with Crippen molar-refractivity contribution in [2.75, 3.05) is 11.4 Å². The molecule has 4 heteroatoms. The van der Waals surface area contributed by atoms with E-state index in [2.05, 4.69) is 58.7 Å². The van der Waals surface area contributed by atoms with Gasteiger partial charge in [0.2, 0.25) is 5.91 Å². The lowest BCUT2D eigenvalue weighted by Gasteiger charge is -2.23. The molecule has 1 N–H and O–H groups in total. The lowest BCUT2D eigenvalue weighted by molar-refractivity contribution is -0.122. The fourth-order valence-electron chi connectivity index (χ4n) is 2.57. The van der Waals surface area contributed by atoms with Crippen LogP contribution in [-0.2, 0) is 11.3 Å². The molecule has 1 fully saturated rings. The summed E-state index contributed by atoms with van der Waals surface area (Å²) in [5, 5.41) is 4.03. The van der Waals surface area contributed by atoms with Crippen molar-refractivity contribution >= 4 is 17.8 Å². The SMILES string of the molecule is CCN(Cc1ccccc1)c1ccc(/C=N\NC(=O)C2CC2)cc1. The highest BCUT2D eigenvalue weighted by molar-refractivity contribution is 5.84. The Labute approximate surface area is 143 Å². The van der Waals surface area contributed by atoms with Crippen molar-refractivity contribution in [2.45, 2.75) is 26.3 Å². The molecule has 0 saturated heterocycles. The Hall–Kier alpha value is -2.62. The van der Waals surface area contributed by atoms with Crippen LogP contribution in [-0.4, -0.2) is 18.7 Å². The molecule has 0 radical (unpaired) electrons. The van der Waals surface area contributed by atoms with Crippen molar-refractivity contribution < 1.29 is 4.79 Å². The Morgan fingerprint density at radius 1 is 1.17 bits per heavy atom. The van der Waals surface area contributed by atoms with E-state index in [1.54, 1.807) is 6.21 Å². The third-order valence-corrected chi connectivity index (χ3v) is 4.19. The van der Waals surface area contributed by atoms with Crippen LogP contribution in [0.25, 0.3) is 0 Å². The van der Waals surface area contributed by atoms with E-state index in [4.69, 9.17) is 0 Å². The maximum absolute atomic E-state index is 11.5. The van der Waals surface area contributed by atoms with Crippen molar-refractivity contribution in [1.29, 1.82) is 0 Å². The smallest absolute Gasteiger partial charge is 0.243 e. The number of nitrogens with zero attached hydrogens (tertiary/aromatic N) is 2. The highest BCUT2D eigenvalue weighted by Crippen LogP contribution is 2.28. The van der Waals surface area contributed by atoms with Crippen molar-refractivity contribution in [2.24, 2.45) is 11.0 Å². The minimum atomic E-state index is 0.0305. The van der Waals surface area contributed by atoms with Gasteiger partial charge in [0.15, 0.2) is 0 Å². The molecule has 2 aromatic carbocycles. The van der Waals surface area contributed by atoms with Gasteiger partial charge < -0.3 is 4.90 Å². The Balaban J connectivity index is 1.59. The molecule has 1 amide bonds. The van der Waals surface area contributed by atoms with E-state index in [1.807, 2.05) is 18.2 Å². The molecule has 2 aromatic rings. The first-order chi connectivity index (χ1) is 11.8. The monoisotopic (exact) mass is 321 g/mol. The highest BCUT2D eigenvalue weighted by Gasteiger charge is 2.29. The molecule has 124 valence electrons. The Bertz CT molecular complexity index is 691. The predicted octanol–water partition coefficient (Wildman–Crippen LogP) is 3.57. The van der Waals surface area contributed by atoms with Crippen LogP contribution < -0.4 is 10.3 Å². The summed E-state index contributed by atoms with van der Waals surface area (Å²) in [6.45, 7) is 3.99. The second-order valence-corrected chi connectivity index (χ2v) is 6.10. The van der Waals surface area contributed by atoms with Crippen LogP contribution in [0.5, 0.6) is 0 Å². The minimum Gasteiger partial charge on any atom is -0.367 e. The molecule has 0 aliphatic heterocycles. The number of benzene rings is 2. The second-order valence-electron chi connectivity index (χ2n) is 6.10. The number of rotatable bonds is 7. The van der Waals surface area contributed by atoms with E-state index in [-0.39, 0.29) is 11.8 Å². The number of anilines is 1. The Morgan fingerprint density at radius 2 is 1.88 bits per heavy atom. The third-order valence-electron chi connectivity index (χ3n) is 4.19. The van der Waals surface area contributed by atoms with Crippen molar-refractivity contribution in [1.82, 2.24) is 5.43 Å². The van der Waals surface area contributed by atoms with Gasteiger partial charge >= 0.3 is 0 Å². The van der Waals surface area contributed by atoms with E-state index in [0.717, 1.165) is 31.5 Å². The van der Waals surface area contributed by atoms with Crippen LogP contribution in [0.2, 0.25) is 0 Å². The summed E-state index contributed by atoms with van der Waals surface area (Å²) >= 11 is 0. The molecular weight excluding hydrogens is 298 g/mol. The van der Waals surface area contributed by atoms with Crippen LogP contribution in [0.1, 0.15) is 30.9 Å². The molecule has 0 heterocycles. The Kier molecular flexibility index (Phi) is 5.26. The van der Waals surface area contributed by atoms with Crippen LogP contribution in [0.4, 0.5) is 5.69 Å². The number of hydrogen-bond acceptors (Lipinski definition) is 3. The van der Waals surface area contributed by atoms with Crippen molar-refractivity contribution in [3.05, 3.63) is 65.7 Å². The number of carbonyl (C=O) groups excluding carboxylic acids is 1. The summed E-state index contributed by atoms with van der Waals surface area (Å²) in [6, 6.07) is 18.7. The zero-order valence-corrected chi connectivity index (χ0v) is 14.0. The number of hydrazone groups is 1. The first-order valence-corrected chi connectivity index (χ1v) is 8.48. The van der Waals surface area contributed by atoms with Gasteiger partial charge in [-0.25, -0.2) is 5.43 Å². The second kappa shape index (κ2) is 7.77. The number of amides is 1.